The van der Waals surface area contributed by atoms with Gasteiger partial charge in [0.25, 0.3) is 5.91 Å². The Kier molecular flexibility index (Phi) is 4.43. The van der Waals surface area contributed by atoms with Crippen LogP contribution in [0.2, 0.25) is 0 Å². The quantitative estimate of drug-likeness (QED) is 0.854. The predicted octanol–water partition coefficient (Wildman–Crippen LogP) is 2.10. The molecule has 104 valence electrons. The molecule has 1 amide bonds. The van der Waals surface area contributed by atoms with Gasteiger partial charge in [-0.15, -0.1) is 0 Å². The van der Waals surface area contributed by atoms with E-state index in [0.29, 0.717) is 6.04 Å². The minimum absolute atomic E-state index is 0.0300. The van der Waals surface area contributed by atoms with Gasteiger partial charge in [0, 0.05) is 24.7 Å². The molecule has 0 bridgehead atoms. The summed E-state index contributed by atoms with van der Waals surface area (Å²) in [6.45, 7) is 2.12. The van der Waals surface area contributed by atoms with Crippen LogP contribution in [0, 0.1) is 0 Å². The lowest BCUT2D eigenvalue weighted by Crippen LogP contribution is -2.33. The maximum atomic E-state index is 11.9. The SMILES string of the molecule is CC[C@@H](N)c1ccccc1OCC(=O)N(C)C1CC1. The number of carbonyl (C=O) groups excluding carboxylic acids is 1. The van der Waals surface area contributed by atoms with Gasteiger partial charge in [-0.25, -0.2) is 0 Å². The molecule has 1 fully saturated rings. The van der Waals surface area contributed by atoms with Crippen molar-refractivity contribution >= 4 is 5.91 Å². The van der Waals surface area contributed by atoms with Gasteiger partial charge in [0.05, 0.1) is 0 Å². The molecule has 2 rings (SSSR count). The fourth-order valence-electron chi connectivity index (χ4n) is 2.04. The van der Waals surface area contributed by atoms with Crippen LogP contribution in [0.1, 0.15) is 37.8 Å². The lowest BCUT2D eigenvalue weighted by atomic mass is 10.0. The van der Waals surface area contributed by atoms with Crippen molar-refractivity contribution in [1.82, 2.24) is 4.90 Å². The number of hydrogen-bond donors (Lipinski definition) is 1. The Morgan fingerprint density at radius 1 is 1.47 bits per heavy atom. The molecule has 19 heavy (non-hydrogen) atoms. The second kappa shape index (κ2) is 6.06. The molecule has 1 aromatic rings. The minimum atomic E-state index is -0.0486. The van der Waals surface area contributed by atoms with Gasteiger partial charge in [0.1, 0.15) is 5.75 Å². The molecule has 0 saturated heterocycles. The van der Waals surface area contributed by atoms with Gasteiger partial charge in [0.15, 0.2) is 6.61 Å². The molecule has 1 aromatic carbocycles. The fourth-order valence-corrected chi connectivity index (χ4v) is 2.04. The summed E-state index contributed by atoms with van der Waals surface area (Å²) in [4.78, 5) is 13.7. The zero-order chi connectivity index (χ0) is 13.8. The molecule has 0 aliphatic heterocycles. The lowest BCUT2D eigenvalue weighted by molar-refractivity contribution is -0.132. The maximum Gasteiger partial charge on any atom is 0.260 e. The third kappa shape index (κ3) is 3.47. The Morgan fingerprint density at radius 2 is 2.16 bits per heavy atom. The number of nitrogens with zero attached hydrogens (tertiary/aromatic N) is 1. The summed E-state index contributed by atoms with van der Waals surface area (Å²) in [5, 5.41) is 0. The van der Waals surface area contributed by atoms with E-state index in [1.54, 1.807) is 4.90 Å². The van der Waals surface area contributed by atoms with Crippen molar-refractivity contribution in [2.75, 3.05) is 13.7 Å². The summed E-state index contributed by atoms with van der Waals surface area (Å²) in [6.07, 6.45) is 3.06. The molecular formula is C15H22N2O2. The van der Waals surface area contributed by atoms with Crippen LogP contribution in [0.25, 0.3) is 0 Å². The smallest absolute Gasteiger partial charge is 0.260 e. The van der Waals surface area contributed by atoms with Crippen LogP contribution in [-0.4, -0.2) is 30.5 Å². The van der Waals surface area contributed by atoms with E-state index >= 15 is 0 Å². The Labute approximate surface area is 114 Å². The second-order valence-electron chi connectivity index (χ2n) is 5.08. The molecule has 0 radical (unpaired) electrons. The predicted molar refractivity (Wildman–Crippen MR) is 74.9 cm³/mol. The van der Waals surface area contributed by atoms with Crippen LogP contribution in [0.4, 0.5) is 0 Å². The molecule has 4 nitrogen and oxygen atoms in total. The van der Waals surface area contributed by atoms with Gasteiger partial charge in [-0.2, -0.15) is 0 Å². The standard InChI is InChI=1S/C15H22N2O2/c1-3-13(16)12-6-4-5-7-14(12)19-10-15(18)17(2)11-8-9-11/h4-7,11,13H,3,8-10,16H2,1-2H3/t13-/m1/s1. The van der Waals surface area contributed by atoms with Crippen molar-refractivity contribution in [2.45, 2.75) is 38.3 Å². The summed E-state index contributed by atoms with van der Waals surface area (Å²) < 4.78 is 5.65. The third-order valence-electron chi connectivity index (χ3n) is 3.60. The maximum absolute atomic E-state index is 11.9. The first-order valence-electron chi connectivity index (χ1n) is 6.86. The molecule has 0 aromatic heterocycles. The average Bonchev–Trinajstić information content (AvgIpc) is 3.28. The molecule has 0 heterocycles. The van der Waals surface area contributed by atoms with E-state index in [9.17, 15) is 4.79 Å². The normalized spacial score (nSPS) is 15.9. The van der Waals surface area contributed by atoms with Gasteiger partial charge < -0.3 is 15.4 Å². The molecule has 0 unspecified atom stereocenters. The minimum Gasteiger partial charge on any atom is -0.483 e. The summed E-state index contributed by atoms with van der Waals surface area (Å²) >= 11 is 0. The first-order chi connectivity index (χ1) is 9.13. The highest BCUT2D eigenvalue weighted by Gasteiger charge is 2.29. The summed E-state index contributed by atoms with van der Waals surface area (Å²) in [7, 11) is 1.84. The van der Waals surface area contributed by atoms with Gasteiger partial charge >= 0.3 is 0 Å². The zero-order valence-electron chi connectivity index (χ0n) is 11.6. The number of ether oxygens (including phenoxy) is 1. The van der Waals surface area contributed by atoms with Crippen LogP contribution in [0.3, 0.4) is 0 Å². The molecular weight excluding hydrogens is 240 g/mol. The summed E-state index contributed by atoms with van der Waals surface area (Å²) in [6, 6.07) is 8.04. The second-order valence-corrected chi connectivity index (χ2v) is 5.08. The summed E-state index contributed by atoms with van der Waals surface area (Å²) in [5.41, 5.74) is 7.01. The number of carbonyl (C=O) groups is 1. The van der Waals surface area contributed by atoms with Gasteiger partial charge in [-0.1, -0.05) is 25.1 Å². The number of hydrogen-bond acceptors (Lipinski definition) is 3. The van der Waals surface area contributed by atoms with Crippen LogP contribution >= 0.6 is 0 Å². The summed E-state index contributed by atoms with van der Waals surface area (Å²) in [5.74, 6) is 0.747. The molecule has 1 saturated carbocycles. The molecule has 1 aliphatic rings. The van der Waals surface area contributed by atoms with Crippen molar-refractivity contribution in [2.24, 2.45) is 5.73 Å². The van der Waals surface area contributed by atoms with E-state index in [0.717, 1.165) is 30.6 Å². The fraction of sp³-hybridized carbons (Fsp3) is 0.533. The number of amides is 1. The van der Waals surface area contributed by atoms with E-state index in [4.69, 9.17) is 10.5 Å². The van der Waals surface area contributed by atoms with E-state index in [2.05, 4.69) is 0 Å². The Bertz CT molecular complexity index is 444. The van der Waals surface area contributed by atoms with E-state index in [-0.39, 0.29) is 18.6 Å². The van der Waals surface area contributed by atoms with E-state index < -0.39 is 0 Å². The highest BCUT2D eigenvalue weighted by atomic mass is 16.5. The third-order valence-corrected chi connectivity index (χ3v) is 3.60. The van der Waals surface area contributed by atoms with E-state index in [1.807, 2.05) is 38.2 Å². The highest BCUT2D eigenvalue weighted by molar-refractivity contribution is 5.78. The first-order valence-corrected chi connectivity index (χ1v) is 6.86. The van der Waals surface area contributed by atoms with Crippen molar-refractivity contribution in [3.05, 3.63) is 29.8 Å². The van der Waals surface area contributed by atoms with Crippen LogP contribution in [-0.2, 0) is 4.79 Å². The molecule has 0 spiro atoms. The first kappa shape index (κ1) is 13.9. The molecule has 1 atom stereocenters. The van der Waals surface area contributed by atoms with Crippen LogP contribution in [0.5, 0.6) is 5.75 Å². The number of benzene rings is 1. The van der Waals surface area contributed by atoms with Gasteiger partial charge in [0.2, 0.25) is 0 Å². The number of rotatable bonds is 6. The topological polar surface area (TPSA) is 55.6 Å². The van der Waals surface area contributed by atoms with Crippen molar-refractivity contribution in [1.29, 1.82) is 0 Å². The number of nitrogens with two attached hydrogens (primary N) is 1. The van der Waals surface area contributed by atoms with Gasteiger partial charge in [-0.3, -0.25) is 4.79 Å². The Balaban J connectivity index is 1.96. The van der Waals surface area contributed by atoms with Crippen molar-refractivity contribution in [3.8, 4) is 5.75 Å². The number of likely N-dealkylation sites (N-methyl/N-ethyl adjacent to an activating group) is 1. The Hall–Kier alpha value is -1.55. The van der Waals surface area contributed by atoms with E-state index in [1.165, 1.54) is 0 Å². The average molecular weight is 262 g/mol. The van der Waals surface area contributed by atoms with Gasteiger partial charge in [-0.05, 0) is 25.3 Å². The molecule has 1 aliphatic carbocycles. The Morgan fingerprint density at radius 3 is 2.79 bits per heavy atom. The largest absolute Gasteiger partial charge is 0.483 e. The highest BCUT2D eigenvalue weighted by Crippen LogP contribution is 2.27. The number of para-hydroxylation sites is 1. The van der Waals surface area contributed by atoms with Crippen LogP contribution in [0.15, 0.2) is 24.3 Å². The lowest BCUT2D eigenvalue weighted by Gasteiger charge is -2.19. The van der Waals surface area contributed by atoms with Crippen LogP contribution < -0.4 is 10.5 Å². The monoisotopic (exact) mass is 262 g/mol. The molecule has 2 N–H and O–H groups in total. The van der Waals surface area contributed by atoms with Crippen molar-refractivity contribution < 1.29 is 9.53 Å². The van der Waals surface area contributed by atoms with Crippen molar-refractivity contribution in [3.63, 3.8) is 0 Å². The zero-order valence-corrected chi connectivity index (χ0v) is 11.6. The molecule has 4 heteroatoms.